The van der Waals surface area contributed by atoms with Gasteiger partial charge in [-0.05, 0) is 31.0 Å². The van der Waals surface area contributed by atoms with Gasteiger partial charge in [0.15, 0.2) is 6.61 Å². The van der Waals surface area contributed by atoms with E-state index in [9.17, 15) is 18.0 Å². The van der Waals surface area contributed by atoms with Crippen LogP contribution in [0.5, 0.6) is 5.75 Å². The number of benzene rings is 1. The highest BCUT2D eigenvalue weighted by molar-refractivity contribution is 7.89. The molecular formula is C16H21N3O5S. The lowest BCUT2D eigenvalue weighted by Crippen LogP contribution is -2.37. The minimum atomic E-state index is -3.74. The molecule has 1 aliphatic carbocycles. The van der Waals surface area contributed by atoms with Crippen LogP contribution in [0.2, 0.25) is 0 Å². The summed E-state index contributed by atoms with van der Waals surface area (Å²) in [5, 5.41) is 5.33. The Morgan fingerprint density at radius 3 is 2.76 bits per heavy atom. The summed E-state index contributed by atoms with van der Waals surface area (Å²) < 4.78 is 32.3. The van der Waals surface area contributed by atoms with Crippen LogP contribution in [0.25, 0.3) is 0 Å². The quantitative estimate of drug-likeness (QED) is 0.637. The number of carbonyl (C=O) groups excluding carboxylic acids is 2. The van der Waals surface area contributed by atoms with Crippen molar-refractivity contribution in [1.82, 2.24) is 10.0 Å². The van der Waals surface area contributed by atoms with Crippen LogP contribution in [0, 0.1) is 5.92 Å². The van der Waals surface area contributed by atoms with Gasteiger partial charge in [-0.3, -0.25) is 9.59 Å². The molecule has 1 heterocycles. The molecule has 1 aliphatic heterocycles. The number of anilines is 1. The Hall–Kier alpha value is -2.13. The number of ether oxygens (including phenoxy) is 1. The molecule has 1 aromatic carbocycles. The highest BCUT2D eigenvalue weighted by atomic mass is 32.2. The molecule has 0 saturated heterocycles. The molecule has 0 spiro atoms. The molecule has 3 N–H and O–H groups in total. The first-order valence-electron chi connectivity index (χ1n) is 8.30. The van der Waals surface area contributed by atoms with Crippen LogP contribution < -0.4 is 20.1 Å². The van der Waals surface area contributed by atoms with Gasteiger partial charge in [0.1, 0.15) is 5.75 Å². The van der Waals surface area contributed by atoms with E-state index in [1.807, 2.05) is 0 Å². The zero-order valence-electron chi connectivity index (χ0n) is 13.7. The van der Waals surface area contributed by atoms with Gasteiger partial charge in [-0.25, -0.2) is 13.1 Å². The summed E-state index contributed by atoms with van der Waals surface area (Å²) in [6.07, 6.45) is 3.95. The van der Waals surface area contributed by atoms with Crippen LogP contribution in [0.15, 0.2) is 23.1 Å². The number of nitrogens with one attached hydrogen (secondary N) is 3. The largest absolute Gasteiger partial charge is 0.482 e. The molecule has 0 bridgehead atoms. The molecule has 25 heavy (non-hydrogen) atoms. The zero-order valence-corrected chi connectivity index (χ0v) is 14.5. The summed E-state index contributed by atoms with van der Waals surface area (Å²) in [7, 11) is -3.74. The summed E-state index contributed by atoms with van der Waals surface area (Å²) in [4.78, 5) is 23.2. The molecule has 1 fully saturated rings. The number of fused-ring (bicyclic) bond motifs is 1. The Morgan fingerprint density at radius 2 is 2.00 bits per heavy atom. The van der Waals surface area contributed by atoms with Crippen LogP contribution in [-0.4, -0.2) is 39.9 Å². The van der Waals surface area contributed by atoms with Crippen LogP contribution in [0.3, 0.4) is 0 Å². The van der Waals surface area contributed by atoms with E-state index in [1.54, 1.807) is 0 Å². The number of sulfonamides is 1. The van der Waals surface area contributed by atoms with E-state index in [0.717, 1.165) is 25.7 Å². The highest BCUT2D eigenvalue weighted by Gasteiger charge is 2.23. The number of amides is 2. The maximum atomic E-state index is 12.3. The second-order valence-electron chi connectivity index (χ2n) is 6.16. The van der Waals surface area contributed by atoms with Crippen molar-refractivity contribution in [2.24, 2.45) is 5.92 Å². The van der Waals surface area contributed by atoms with Gasteiger partial charge in [0.2, 0.25) is 15.9 Å². The Morgan fingerprint density at radius 1 is 1.24 bits per heavy atom. The standard InChI is InChI=1S/C16H21N3O5S/c20-15-10-24-14-6-5-12(9-13(14)19-15)25(22,23)18-8-7-17-16(21)11-3-1-2-4-11/h5-6,9,11,18H,1-4,7-8,10H2,(H,17,21)(H,19,20). The third kappa shape index (κ3) is 4.29. The predicted molar refractivity (Wildman–Crippen MR) is 90.7 cm³/mol. The summed E-state index contributed by atoms with van der Waals surface area (Å²) in [5.74, 6) is 0.151. The Kier molecular flexibility index (Phi) is 5.24. The molecule has 136 valence electrons. The lowest BCUT2D eigenvalue weighted by molar-refractivity contribution is -0.124. The fourth-order valence-electron chi connectivity index (χ4n) is 3.02. The molecule has 1 aromatic rings. The molecule has 0 radical (unpaired) electrons. The first kappa shape index (κ1) is 17.7. The van der Waals surface area contributed by atoms with Gasteiger partial charge in [-0.15, -0.1) is 0 Å². The molecule has 8 nitrogen and oxygen atoms in total. The second kappa shape index (κ2) is 7.40. The van der Waals surface area contributed by atoms with E-state index in [0.29, 0.717) is 11.4 Å². The van der Waals surface area contributed by atoms with Crippen molar-refractivity contribution < 1.29 is 22.7 Å². The Labute approximate surface area is 146 Å². The van der Waals surface area contributed by atoms with Crippen LogP contribution >= 0.6 is 0 Å². The number of hydrogen-bond acceptors (Lipinski definition) is 5. The van der Waals surface area contributed by atoms with E-state index in [1.165, 1.54) is 18.2 Å². The van der Waals surface area contributed by atoms with E-state index in [4.69, 9.17) is 4.74 Å². The van der Waals surface area contributed by atoms with Gasteiger partial charge in [0.25, 0.3) is 5.91 Å². The molecule has 0 unspecified atom stereocenters. The fourth-order valence-corrected chi connectivity index (χ4v) is 4.07. The highest BCUT2D eigenvalue weighted by Crippen LogP contribution is 2.30. The SMILES string of the molecule is O=C1COc2ccc(S(=O)(=O)NCCNC(=O)C3CCCC3)cc2N1. The number of hydrogen-bond donors (Lipinski definition) is 3. The van der Waals surface area contributed by atoms with E-state index in [-0.39, 0.29) is 42.3 Å². The smallest absolute Gasteiger partial charge is 0.262 e. The maximum Gasteiger partial charge on any atom is 0.262 e. The minimum absolute atomic E-state index is 0.00894. The van der Waals surface area contributed by atoms with Gasteiger partial charge in [-0.2, -0.15) is 0 Å². The van der Waals surface area contributed by atoms with E-state index >= 15 is 0 Å². The van der Waals surface area contributed by atoms with Gasteiger partial charge < -0.3 is 15.4 Å². The lowest BCUT2D eigenvalue weighted by Gasteiger charge is -2.18. The molecule has 0 atom stereocenters. The molecule has 3 rings (SSSR count). The normalized spacial score (nSPS) is 17.5. The predicted octanol–water partition coefficient (Wildman–Crippen LogP) is 0.602. The van der Waals surface area contributed by atoms with Crippen molar-refractivity contribution in [2.45, 2.75) is 30.6 Å². The zero-order chi connectivity index (χ0) is 17.9. The van der Waals surface area contributed by atoms with Crippen molar-refractivity contribution >= 4 is 27.5 Å². The summed E-state index contributed by atoms with van der Waals surface area (Å²) >= 11 is 0. The third-order valence-corrected chi connectivity index (χ3v) is 5.80. The van der Waals surface area contributed by atoms with Gasteiger partial charge in [-0.1, -0.05) is 12.8 Å². The van der Waals surface area contributed by atoms with Crippen molar-refractivity contribution in [3.63, 3.8) is 0 Å². The Bertz CT molecular complexity index is 772. The Balaban J connectivity index is 1.54. The van der Waals surface area contributed by atoms with Gasteiger partial charge >= 0.3 is 0 Å². The van der Waals surface area contributed by atoms with E-state index in [2.05, 4.69) is 15.4 Å². The lowest BCUT2D eigenvalue weighted by atomic mass is 10.1. The minimum Gasteiger partial charge on any atom is -0.482 e. The van der Waals surface area contributed by atoms with Crippen molar-refractivity contribution in [3.8, 4) is 5.75 Å². The van der Waals surface area contributed by atoms with E-state index < -0.39 is 10.0 Å². The number of carbonyl (C=O) groups is 2. The molecule has 2 aliphatic rings. The molecule has 1 saturated carbocycles. The van der Waals surface area contributed by atoms with Gasteiger partial charge in [0, 0.05) is 19.0 Å². The first-order valence-corrected chi connectivity index (χ1v) is 9.78. The maximum absolute atomic E-state index is 12.3. The average Bonchev–Trinajstić information content (AvgIpc) is 3.12. The van der Waals surface area contributed by atoms with Crippen LogP contribution in [0.4, 0.5) is 5.69 Å². The molecule has 9 heteroatoms. The molecule has 0 aromatic heterocycles. The fraction of sp³-hybridized carbons (Fsp3) is 0.500. The topological polar surface area (TPSA) is 114 Å². The van der Waals surface area contributed by atoms with Crippen LogP contribution in [-0.2, 0) is 19.6 Å². The summed E-state index contributed by atoms with van der Waals surface area (Å²) in [6.45, 7) is 0.248. The van der Waals surface area contributed by atoms with Gasteiger partial charge in [0.05, 0.1) is 10.6 Å². The molecule has 2 amide bonds. The van der Waals surface area contributed by atoms with Crippen molar-refractivity contribution in [2.75, 3.05) is 25.0 Å². The first-order chi connectivity index (χ1) is 12.0. The summed E-state index contributed by atoms with van der Waals surface area (Å²) in [5.41, 5.74) is 0.327. The second-order valence-corrected chi connectivity index (χ2v) is 7.93. The monoisotopic (exact) mass is 367 g/mol. The average molecular weight is 367 g/mol. The van der Waals surface area contributed by atoms with Crippen LogP contribution in [0.1, 0.15) is 25.7 Å². The third-order valence-electron chi connectivity index (χ3n) is 4.34. The van der Waals surface area contributed by atoms with Crippen molar-refractivity contribution in [3.05, 3.63) is 18.2 Å². The van der Waals surface area contributed by atoms with Crippen molar-refractivity contribution in [1.29, 1.82) is 0 Å². The molecular weight excluding hydrogens is 346 g/mol. The number of rotatable bonds is 6. The summed E-state index contributed by atoms with van der Waals surface area (Å²) in [6, 6.07) is 4.27.